The molecule has 1 aromatic rings. The first-order chi connectivity index (χ1) is 9.22. The van der Waals surface area contributed by atoms with Gasteiger partial charge in [0.05, 0.1) is 12.7 Å². The number of amides is 1. The summed E-state index contributed by atoms with van der Waals surface area (Å²) in [5.41, 5.74) is 5.87. The molecule has 0 spiro atoms. The lowest BCUT2D eigenvalue weighted by Gasteiger charge is -2.21. The van der Waals surface area contributed by atoms with Crippen LogP contribution in [0.25, 0.3) is 0 Å². The summed E-state index contributed by atoms with van der Waals surface area (Å²) in [4.78, 5) is 14.2. The van der Waals surface area contributed by atoms with Gasteiger partial charge in [-0.15, -0.1) is 5.10 Å². The highest BCUT2D eigenvalue weighted by Gasteiger charge is 2.18. The van der Waals surface area contributed by atoms with E-state index in [1.165, 1.54) is 0 Å². The van der Waals surface area contributed by atoms with Crippen LogP contribution in [0.4, 0.5) is 0 Å². The van der Waals surface area contributed by atoms with Crippen molar-refractivity contribution in [1.29, 1.82) is 0 Å². The van der Waals surface area contributed by atoms with Crippen molar-refractivity contribution >= 4 is 5.91 Å². The first-order valence-electron chi connectivity index (χ1n) is 7.12. The lowest BCUT2D eigenvalue weighted by molar-refractivity contribution is 0.0745. The van der Waals surface area contributed by atoms with Crippen LogP contribution in [0, 0.1) is 0 Å². The van der Waals surface area contributed by atoms with Crippen LogP contribution in [0.2, 0.25) is 0 Å². The van der Waals surface area contributed by atoms with Crippen molar-refractivity contribution in [2.45, 2.75) is 46.1 Å². The van der Waals surface area contributed by atoms with Crippen molar-refractivity contribution < 1.29 is 4.79 Å². The molecule has 0 aliphatic heterocycles. The van der Waals surface area contributed by atoms with E-state index in [0.717, 1.165) is 38.8 Å². The maximum atomic E-state index is 12.4. The largest absolute Gasteiger partial charge is 0.337 e. The number of nitrogens with two attached hydrogens (primary N) is 1. The molecule has 0 unspecified atom stereocenters. The Bertz CT molecular complexity index is 369. The number of unbranched alkanes of at least 4 members (excludes halogenated alkanes) is 2. The molecule has 1 heterocycles. The van der Waals surface area contributed by atoms with E-state index >= 15 is 0 Å². The minimum absolute atomic E-state index is 0.0230. The second-order valence-electron chi connectivity index (χ2n) is 4.65. The van der Waals surface area contributed by atoms with E-state index < -0.39 is 0 Å². The fraction of sp³-hybridized carbons (Fsp3) is 0.769. The van der Waals surface area contributed by atoms with Crippen LogP contribution >= 0.6 is 0 Å². The summed E-state index contributed by atoms with van der Waals surface area (Å²) in [5, 5.41) is 7.85. The van der Waals surface area contributed by atoms with Crippen molar-refractivity contribution in [1.82, 2.24) is 19.9 Å². The van der Waals surface area contributed by atoms with Crippen LogP contribution in [0.5, 0.6) is 0 Å². The predicted octanol–water partition coefficient (Wildman–Crippen LogP) is 1.28. The van der Waals surface area contributed by atoms with Gasteiger partial charge in [-0.25, -0.2) is 0 Å². The Labute approximate surface area is 115 Å². The summed E-state index contributed by atoms with van der Waals surface area (Å²) in [5.74, 6) is -0.0230. The Morgan fingerprint density at radius 3 is 2.47 bits per heavy atom. The quantitative estimate of drug-likeness (QED) is 0.731. The molecule has 6 nitrogen and oxygen atoms in total. The fourth-order valence-electron chi connectivity index (χ4n) is 1.81. The zero-order chi connectivity index (χ0) is 14.1. The van der Waals surface area contributed by atoms with Crippen LogP contribution < -0.4 is 5.73 Å². The maximum Gasteiger partial charge on any atom is 0.276 e. The first kappa shape index (κ1) is 15.6. The second kappa shape index (κ2) is 8.63. The standard InChI is InChI=1S/C13H25N5O/c1-3-5-8-17(9-6-4-2)13(19)12-11-18(10-7-14)16-15-12/h11H,3-10,14H2,1-2H3. The SMILES string of the molecule is CCCCN(CCCC)C(=O)c1cn(CCN)nn1. The van der Waals surface area contributed by atoms with Gasteiger partial charge in [-0.1, -0.05) is 31.9 Å². The third-order valence-electron chi connectivity index (χ3n) is 2.97. The smallest absolute Gasteiger partial charge is 0.276 e. The number of carbonyl (C=O) groups excluding carboxylic acids is 1. The fourth-order valence-corrected chi connectivity index (χ4v) is 1.81. The number of nitrogens with zero attached hydrogens (tertiary/aromatic N) is 4. The van der Waals surface area contributed by atoms with Crippen molar-refractivity contribution in [2.24, 2.45) is 5.73 Å². The highest BCUT2D eigenvalue weighted by Crippen LogP contribution is 2.05. The van der Waals surface area contributed by atoms with Gasteiger partial charge >= 0.3 is 0 Å². The lowest BCUT2D eigenvalue weighted by Crippen LogP contribution is -2.33. The lowest BCUT2D eigenvalue weighted by atomic mass is 10.2. The van der Waals surface area contributed by atoms with Crippen molar-refractivity contribution in [2.75, 3.05) is 19.6 Å². The topological polar surface area (TPSA) is 77.0 Å². The Balaban J connectivity index is 2.66. The molecule has 0 bridgehead atoms. The molecule has 6 heteroatoms. The van der Waals surface area contributed by atoms with Crippen LogP contribution in [-0.2, 0) is 6.54 Å². The normalized spacial score (nSPS) is 10.7. The molecule has 0 saturated heterocycles. The van der Waals surface area contributed by atoms with Gasteiger partial charge in [-0.3, -0.25) is 9.48 Å². The minimum Gasteiger partial charge on any atom is -0.337 e. The monoisotopic (exact) mass is 267 g/mol. The van der Waals surface area contributed by atoms with Crippen LogP contribution in [-0.4, -0.2) is 45.4 Å². The van der Waals surface area contributed by atoms with E-state index in [-0.39, 0.29) is 5.91 Å². The summed E-state index contributed by atoms with van der Waals surface area (Å²) in [7, 11) is 0. The average Bonchev–Trinajstić information content (AvgIpc) is 2.87. The maximum absolute atomic E-state index is 12.4. The van der Waals surface area contributed by atoms with E-state index in [4.69, 9.17) is 5.73 Å². The number of hydrogen-bond donors (Lipinski definition) is 1. The van der Waals surface area contributed by atoms with Gasteiger partial charge in [-0.2, -0.15) is 0 Å². The molecule has 0 atom stereocenters. The molecular weight excluding hydrogens is 242 g/mol. The molecule has 0 saturated carbocycles. The van der Waals surface area contributed by atoms with Crippen LogP contribution in [0.3, 0.4) is 0 Å². The highest BCUT2D eigenvalue weighted by atomic mass is 16.2. The number of rotatable bonds is 9. The van der Waals surface area contributed by atoms with E-state index in [2.05, 4.69) is 24.2 Å². The molecule has 2 N–H and O–H groups in total. The summed E-state index contributed by atoms with van der Waals surface area (Å²) < 4.78 is 1.62. The third-order valence-corrected chi connectivity index (χ3v) is 2.97. The molecule has 0 radical (unpaired) electrons. The van der Waals surface area contributed by atoms with Gasteiger partial charge in [0.1, 0.15) is 0 Å². The molecule has 1 amide bonds. The first-order valence-corrected chi connectivity index (χ1v) is 7.12. The van der Waals surface area contributed by atoms with Gasteiger partial charge < -0.3 is 10.6 Å². The number of aromatic nitrogens is 3. The molecule has 0 fully saturated rings. The number of carbonyl (C=O) groups is 1. The van der Waals surface area contributed by atoms with Gasteiger partial charge in [0.25, 0.3) is 5.91 Å². The molecule has 0 aromatic carbocycles. The Morgan fingerprint density at radius 1 is 1.32 bits per heavy atom. The molecule has 0 aliphatic carbocycles. The van der Waals surface area contributed by atoms with E-state index in [1.807, 2.05) is 4.90 Å². The molecule has 1 rings (SSSR count). The molecule has 1 aromatic heterocycles. The number of hydrogen-bond acceptors (Lipinski definition) is 4. The summed E-state index contributed by atoms with van der Waals surface area (Å²) in [6.07, 6.45) is 5.88. The Morgan fingerprint density at radius 2 is 1.95 bits per heavy atom. The zero-order valence-electron chi connectivity index (χ0n) is 12.0. The molecule has 0 aliphatic rings. The molecule has 19 heavy (non-hydrogen) atoms. The molecular formula is C13H25N5O. The van der Waals surface area contributed by atoms with Crippen molar-refractivity contribution in [3.63, 3.8) is 0 Å². The van der Waals surface area contributed by atoms with Gasteiger partial charge in [0, 0.05) is 19.6 Å². The zero-order valence-corrected chi connectivity index (χ0v) is 12.0. The van der Waals surface area contributed by atoms with Crippen molar-refractivity contribution in [3.05, 3.63) is 11.9 Å². The molecule has 108 valence electrons. The Hall–Kier alpha value is -1.43. The highest BCUT2D eigenvalue weighted by molar-refractivity contribution is 5.91. The van der Waals surface area contributed by atoms with E-state index in [1.54, 1.807) is 10.9 Å². The predicted molar refractivity (Wildman–Crippen MR) is 74.8 cm³/mol. The van der Waals surface area contributed by atoms with Gasteiger partial charge in [0.2, 0.25) is 0 Å². The summed E-state index contributed by atoms with van der Waals surface area (Å²) in [6, 6.07) is 0. The van der Waals surface area contributed by atoms with Crippen LogP contribution in [0.15, 0.2) is 6.20 Å². The van der Waals surface area contributed by atoms with Crippen molar-refractivity contribution in [3.8, 4) is 0 Å². The Kier molecular flexibility index (Phi) is 7.10. The minimum atomic E-state index is -0.0230. The van der Waals surface area contributed by atoms with Gasteiger partial charge in [0.15, 0.2) is 5.69 Å². The van der Waals surface area contributed by atoms with E-state index in [0.29, 0.717) is 18.8 Å². The summed E-state index contributed by atoms with van der Waals surface area (Å²) >= 11 is 0. The van der Waals surface area contributed by atoms with Crippen LogP contribution in [0.1, 0.15) is 50.0 Å². The average molecular weight is 267 g/mol. The summed E-state index contributed by atoms with van der Waals surface area (Å²) in [6.45, 7) is 6.91. The third kappa shape index (κ3) is 4.98. The van der Waals surface area contributed by atoms with E-state index in [9.17, 15) is 4.79 Å². The second-order valence-corrected chi connectivity index (χ2v) is 4.65. The van der Waals surface area contributed by atoms with Gasteiger partial charge in [-0.05, 0) is 12.8 Å².